The molecule has 0 bridgehead atoms. The highest BCUT2D eigenvalue weighted by Crippen LogP contribution is 2.33. The van der Waals surface area contributed by atoms with Crippen molar-refractivity contribution in [2.24, 2.45) is 0 Å². The molecular weight excluding hydrogens is 250 g/mol. The highest BCUT2D eigenvalue weighted by molar-refractivity contribution is 5.94. The summed E-state index contributed by atoms with van der Waals surface area (Å²) in [4.78, 5) is 14.2. The van der Waals surface area contributed by atoms with Gasteiger partial charge in [0.05, 0.1) is 25.4 Å². The van der Waals surface area contributed by atoms with E-state index < -0.39 is 5.56 Å². The quantitative estimate of drug-likeness (QED) is 0.797. The number of nitrogens with zero attached hydrogens (tertiary/aromatic N) is 1. The number of H-pyrrole nitrogens is 1. The molecular formula is C12H13N3O4. The number of ether oxygens (including phenoxy) is 2. The fourth-order valence-corrected chi connectivity index (χ4v) is 1.76. The van der Waals surface area contributed by atoms with E-state index in [1.807, 2.05) is 0 Å². The summed E-state index contributed by atoms with van der Waals surface area (Å²) in [6.07, 6.45) is 0. The zero-order valence-electron chi connectivity index (χ0n) is 10.4. The van der Waals surface area contributed by atoms with Crippen LogP contribution in [0.4, 0.5) is 5.69 Å². The molecule has 0 saturated carbocycles. The molecule has 1 aromatic heterocycles. The molecule has 7 heteroatoms. The molecule has 0 radical (unpaired) electrons. The number of hydrogen-bond donors (Lipinski definition) is 2. The zero-order chi connectivity index (χ0) is 13.3. The van der Waals surface area contributed by atoms with Gasteiger partial charge in [0.25, 0.3) is 5.56 Å². The van der Waals surface area contributed by atoms with Gasteiger partial charge in [-0.3, -0.25) is 4.79 Å². The van der Waals surface area contributed by atoms with Gasteiger partial charge in [0, 0.05) is 11.5 Å². The molecule has 0 unspecified atom stereocenters. The van der Waals surface area contributed by atoms with E-state index in [4.69, 9.17) is 20.5 Å². The van der Waals surface area contributed by atoms with Crippen molar-refractivity contribution in [2.45, 2.75) is 0 Å². The highest BCUT2D eigenvalue weighted by atomic mass is 16.5. The standard InChI is InChI=1S/C12H11N3O3.H2O/c1-17-9-3-6-8(4-10(9)18-2)15-12(16)7(5-13)11(6)14;/h3-4H,1-2H3,(H3,14,15,16);1H2. The molecule has 1 aromatic carbocycles. The average molecular weight is 263 g/mol. The van der Waals surface area contributed by atoms with E-state index in [-0.39, 0.29) is 16.7 Å². The lowest BCUT2D eigenvalue weighted by Gasteiger charge is -2.10. The summed E-state index contributed by atoms with van der Waals surface area (Å²) >= 11 is 0. The van der Waals surface area contributed by atoms with Crippen LogP contribution < -0.4 is 20.8 Å². The molecule has 0 aliphatic rings. The molecule has 0 amide bonds. The minimum absolute atomic E-state index is 0. The van der Waals surface area contributed by atoms with Crippen LogP contribution in [-0.2, 0) is 0 Å². The van der Waals surface area contributed by atoms with Crippen LogP contribution in [0.2, 0.25) is 0 Å². The van der Waals surface area contributed by atoms with E-state index in [0.29, 0.717) is 22.4 Å². The molecule has 2 rings (SSSR count). The largest absolute Gasteiger partial charge is 0.493 e. The first-order valence-electron chi connectivity index (χ1n) is 5.10. The molecule has 0 spiro atoms. The summed E-state index contributed by atoms with van der Waals surface area (Å²) in [5.74, 6) is 0.956. The van der Waals surface area contributed by atoms with E-state index in [2.05, 4.69) is 4.98 Å². The lowest BCUT2D eigenvalue weighted by atomic mass is 10.1. The number of rotatable bonds is 2. The summed E-state index contributed by atoms with van der Waals surface area (Å²) in [7, 11) is 2.99. The summed E-state index contributed by atoms with van der Waals surface area (Å²) in [6, 6.07) is 5.01. The average Bonchev–Trinajstić information content (AvgIpc) is 2.37. The number of nitrogen functional groups attached to an aromatic ring is 1. The number of fused-ring (bicyclic) bond motifs is 1. The van der Waals surface area contributed by atoms with Crippen LogP contribution in [0.1, 0.15) is 5.56 Å². The number of nitrogens with two attached hydrogens (primary N) is 1. The van der Waals surface area contributed by atoms with Crippen molar-refractivity contribution >= 4 is 16.6 Å². The molecule has 100 valence electrons. The maximum Gasteiger partial charge on any atom is 0.268 e. The second kappa shape index (κ2) is 5.29. The van der Waals surface area contributed by atoms with Gasteiger partial charge in [-0.25, -0.2) is 0 Å². The smallest absolute Gasteiger partial charge is 0.268 e. The Kier molecular flexibility index (Phi) is 3.99. The minimum atomic E-state index is -0.519. The Morgan fingerprint density at radius 1 is 1.26 bits per heavy atom. The second-order valence-electron chi connectivity index (χ2n) is 3.61. The summed E-state index contributed by atoms with van der Waals surface area (Å²) in [5.41, 5.74) is 5.82. The maximum absolute atomic E-state index is 11.6. The van der Waals surface area contributed by atoms with Gasteiger partial charge in [-0.15, -0.1) is 0 Å². The molecule has 19 heavy (non-hydrogen) atoms. The predicted molar refractivity (Wildman–Crippen MR) is 70.4 cm³/mol. The van der Waals surface area contributed by atoms with Crippen LogP contribution in [0, 0.1) is 11.3 Å². The summed E-state index contributed by atoms with van der Waals surface area (Å²) < 4.78 is 10.3. The normalized spacial score (nSPS) is 9.53. The number of aromatic amines is 1. The third-order valence-corrected chi connectivity index (χ3v) is 2.67. The van der Waals surface area contributed by atoms with Crippen LogP contribution in [0.3, 0.4) is 0 Å². The van der Waals surface area contributed by atoms with Gasteiger partial charge in [0.2, 0.25) is 0 Å². The van der Waals surface area contributed by atoms with Crippen LogP contribution in [-0.4, -0.2) is 24.7 Å². The van der Waals surface area contributed by atoms with Crippen molar-refractivity contribution < 1.29 is 14.9 Å². The summed E-state index contributed by atoms with van der Waals surface area (Å²) in [5, 5.41) is 9.43. The number of nitrogens with one attached hydrogen (secondary N) is 1. The number of pyridine rings is 1. The maximum atomic E-state index is 11.6. The Morgan fingerprint density at radius 3 is 2.37 bits per heavy atom. The van der Waals surface area contributed by atoms with Crippen molar-refractivity contribution in [1.29, 1.82) is 5.26 Å². The fraction of sp³-hybridized carbons (Fsp3) is 0.167. The van der Waals surface area contributed by atoms with Gasteiger partial charge in [-0.05, 0) is 6.07 Å². The van der Waals surface area contributed by atoms with E-state index in [1.54, 1.807) is 18.2 Å². The number of benzene rings is 1. The monoisotopic (exact) mass is 263 g/mol. The Balaban J connectivity index is 0.00000180. The van der Waals surface area contributed by atoms with Gasteiger partial charge in [0.15, 0.2) is 11.5 Å². The van der Waals surface area contributed by atoms with Crippen LogP contribution in [0.15, 0.2) is 16.9 Å². The first kappa shape index (κ1) is 14.3. The Hall–Kier alpha value is -2.72. The number of hydrogen-bond acceptors (Lipinski definition) is 5. The second-order valence-corrected chi connectivity index (χ2v) is 3.61. The van der Waals surface area contributed by atoms with E-state index in [9.17, 15) is 4.79 Å². The highest BCUT2D eigenvalue weighted by Gasteiger charge is 2.13. The van der Waals surface area contributed by atoms with E-state index in [1.165, 1.54) is 14.2 Å². The molecule has 5 N–H and O–H groups in total. The van der Waals surface area contributed by atoms with Gasteiger partial charge >= 0.3 is 0 Å². The SMILES string of the molecule is COc1cc2[nH]c(=O)c(C#N)c(N)c2cc1OC.O. The van der Waals surface area contributed by atoms with Crippen molar-refractivity contribution in [3.8, 4) is 17.6 Å². The topological polar surface area (TPSA) is 133 Å². The number of nitriles is 1. The number of methoxy groups -OCH3 is 2. The van der Waals surface area contributed by atoms with Crippen molar-refractivity contribution in [3.63, 3.8) is 0 Å². The van der Waals surface area contributed by atoms with Crippen LogP contribution >= 0.6 is 0 Å². The van der Waals surface area contributed by atoms with Gasteiger partial charge in [-0.2, -0.15) is 5.26 Å². The molecule has 0 aliphatic carbocycles. The molecule has 2 aromatic rings. The lowest BCUT2D eigenvalue weighted by molar-refractivity contribution is 0.356. The minimum Gasteiger partial charge on any atom is -0.493 e. The molecule has 0 atom stereocenters. The van der Waals surface area contributed by atoms with Gasteiger partial charge in [0.1, 0.15) is 11.6 Å². The van der Waals surface area contributed by atoms with Gasteiger partial charge in [-0.1, -0.05) is 0 Å². The van der Waals surface area contributed by atoms with Crippen molar-refractivity contribution in [3.05, 3.63) is 28.0 Å². The number of aromatic nitrogens is 1. The van der Waals surface area contributed by atoms with E-state index >= 15 is 0 Å². The lowest BCUT2D eigenvalue weighted by Crippen LogP contribution is -2.13. The summed E-state index contributed by atoms with van der Waals surface area (Å²) in [6.45, 7) is 0. The first-order valence-corrected chi connectivity index (χ1v) is 5.10. The molecule has 0 fully saturated rings. The fourth-order valence-electron chi connectivity index (χ4n) is 1.76. The Labute approximate surface area is 108 Å². The zero-order valence-corrected chi connectivity index (χ0v) is 10.4. The molecule has 1 heterocycles. The third-order valence-electron chi connectivity index (χ3n) is 2.67. The Morgan fingerprint density at radius 2 is 1.84 bits per heavy atom. The van der Waals surface area contributed by atoms with Crippen molar-refractivity contribution in [2.75, 3.05) is 20.0 Å². The van der Waals surface area contributed by atoms with Crippen LogP contribution in [0.5, 0.6) is 11.5 Å². The molecule has 0 aliphatic heterocycles. The molecule has 7 nitrogen and oxygen atoms in total. The number of anilines is 1. The first-order chi connectivity index (χ1) is 8.62. The van der Waals surface area contributed by atoms with Crippen LogP contribution in [0.25, 0.3) is 10.9 Å². The third kappa shape index (κ3) is 2.17. The predicted octanol–water partition coefficient (Wildman–Crippen LogP) is 0.174. The van der Waals surface area contributed by atoms with E-state index in [0.717, 1.165) is 0 Å². The molecule has 0 saturated heterocycles. The van der Waals surface area contributed by atoms with Gasteiger partial charge < -0.3 is 25.7 Å². The van der Waals surface area contributed by atoms with Crippen molar-refractivity contribution in [1.82, 2.24) is 4.98 Å². The Bertz CT molecular complexity index is 715.